The van der Waals surface area contributed by atoms with Gasteiger partial charge >= 0.3 is 0 Å². The number of benzene rings is 2. The van der Waals surface area contributed by atoms with Crippen molar-refractivity contribution < 1.29 is 19.1 Å². The first-order valence-electron chi connectivity index (χ1n) is 9.67. The molecule has 9 heteroatoms. The van der Waals surface area contributed by atoms with Gasteiger partial charge in [0.15, 0.2) is 5.65 Å². The van der Waals surface area contributed by atoms with Crippen LogP contribution in [0, 0.1) is 0 Å². The molecule has 3 heterocycles. The van der Waals surface area contributed by atoms with E-state index in [1.807, 2.05) is 12.1 Å². The van der Waals surface area contributed by atoms with Crippen LogP contribution in [0.3, 0.4) is 0 Å². The van der Waals surface area contributed by atoms with Crippen LogP contribution < -0.4 is 14.4 Å². The monoisotopic (exact) mass is 448 g/mol. The number of hydrogen-bond donors (Lipinski definition) is 0. The van der Waals surface area contributed by atoms with E-state index in [2.05, 4.69) is 10.1 Å². The number of carbonyl (C=O) groups excluding carboxylic acids is 2. The van der Waals surface area contributed by atoms with Crippen LogP contribution in [0.1, 0.15) is 20.7 Å². The average molecular weight is 449 g/mol. The lowest BCUT2D eigenvalue weighted by Gasteiger charge is -2.18. The Morgan fingerprint density at radius 1 is 0.969 bits per heavy atom. The molecule has 0 saturated heterocycles. The molecule has 160 valence electrons. The van der Waals surface area contributed by atoms with E-state index in [-0.39, 0.29) is 11.1 Å². The normalized spacial score (nSPS) is 13.1. The second-order valence-electron chi connectivity index (χ2n) is 7.21. The van der Waals surface area contributed by atoms with E-state index >= 15 is 0 Å². The summed E-state index contributed by atoms with van der Waals surface area (Å²) in [5, 5.41) is 5.66. The highest BCUT2D eigenvalue weighted by atomic mass is 35.5. The molecule has 0 bridgehead atoms. The summed E-state index contributed by atoms with van der Waals surface area (Å²) < 4.78 is 12.3. The molecule has 5 rings (SSSR count). The van der Waals surface area contributed by atoms with Gasteiger partial charge < -0.3 is 9.47 Å². The standard InChI is InChI=1S/C23H17ClN4O4/c1-27-21-19(20(26-27)12-4-6-13(24)7-5-12)18-15(11-25-21)22(29)28(23(18)30)16-10-14(31-2)8-9-17(16)32-3/h4-11H,1-3H3. The van der Waals surface area contributed by atoms with Crippen molar-refractivity contribution in [1.29, 1.82) is 0 Å². The van der Waals surface area contributed by atoms with Gasteiger partial charge in [-0.3, -0.25) is 9.59 Å². The number of pyridine rings is 1. The third-order valence-electron chi connectivity index (χ3n) is 5.45. The number of amides is 2. The molecule has 32 heavy (non-hydrogen) atoms. The molecule has 0 spiro atoms. The molecular formula is C23H17ClN4O4. The van der Waals surface area contributed by atoms with Gasteiger partial charge in [-0.1, -0.05) is 23.7 Å². The average Bonchev–Trinajstić information content (AvgIpc) is 3.27. The number of imide groups is 1. The minimum atomic E-state index is -0.489. The molecule has 0 N–H and O–H groups in total. The second kappa shape index (κ2) is 7.35. The van der Waals surface area contributed by atoms with Crippen molar-refractivity contribution in [3.05, 3.63) is 64.8 Å². The Morgan fingerprint density at radius 2 is 1.72 bits per heavy atom. The van der Waals surface area contributed by atoms with Gasteiger partial charge in [-0.05, 0) is 24.3 Å². The Labute approximate surface area is 187 Å². The van der Waals surface area contributed by atoms with Crippen LogP contribution in [0.25, 0.3) is 22.3 Å². The summed E-state index contributed by atoms with van der Waals surface area (Å²) in [4.78, 5) is 32.5. The van der Waals surface area contributed by atoms with Crippen LogP contribution in [-0.4, -0.2) is 40.8 Å². The molecule has 0 aliphatic carbocycles. The van der Waals surface area contributed by atoms with Crippen molar-refractivity contribution in [3.8, 4) is 22.8 Å². The first-order chi connectivity index (χ1) is 15.4. The fraction of sp³-hybridized carbons (Fsp3) is 0.130. The number of methoxy groups -OCH3 is 2. The number of hydrogen-bond acceptors (Lipinski definition) is 6. The molecule has 0 saturated carbocycles. The van der Waals surface area contributed by atoms with E-state index in [9.17, 15) is 9.59 Å². The Bertz CT molecular complexity index is 1410. The zero-order valence-corrected chi connectivity index (χ0v) is 18.2. The molecule has 1 aliphatic rings. The van der Waals surface area contributed by atoms with E-state index in [1.165, 1.54) is 20.4 Å². The number of ether oxygens (including phenoxy) is 2. The highest BCUT2D eigenvalue weighted by Crippen LogP contribution is 2.41. The summed E-state index contributed by atoms with van der Waals surface area (Å²) in [6.07, 6.45) is 1.41. The van der Waals surface area contributed by atoms with Gasteiger partial charge in [0.05, 0.1) is 36.4 Å². The van der Waals surface area contributed by atoms with E-state index < -0.39 is 11.8 Å². The summed E-state index contributed by atoms with van der Waals surface area (Å²) in [5.41, 5.74) is 2.55. The fourth-order valence-electron chi connectivity index (χ4n) is 3.93. The predicted octanol–water partition coefficient (Wildman–Crippen LogP) is 4.11. The molecule has 2 aromatic heterocycles. The number of rotatable bonds is 4. The van der Waals surface area contributed by atoms with Gasteiger partial charge in [-0.25, -0.2) is 14.6 Å². The minimum Gasteiger partial charge on any atom is -0.497 e. The molecular weight excluding hydrogens is 432 g/mol. The minimum absolute atomic E-state index is 0.204. The summed E-state index contributed by atoms with van der Waals surface area (Å²) in [5.74, 6) is -0.110. The smallest absolute Gasteiger partial charge is 0.267 e. The SMILES string of the molecule is COc1ccc(OC)c(N2C(=O)c3cnc4c(c(-c5ccc(Cl)cc5)nn4C)c3C2=O)c1. The van der Waals surface area contributed by atoms with Crippen LogP contribution in [-0.2, 0) is 7.05 Å². The van der Waals surface area contributed by atoms with Crippen molar-refractivity contribution in [1.82, 2.24) is 14.8 Å². The van der Waals surface area contributed by atoms with Gasteiger partial charge in [0.2, 0.25) is 0 Å². The lowest BCUT2D eigenvalue weighted by molar-refractivity contribution is 0.0925. The van der Waals surface area contributed by atoms with Crippen LogP contribution in [0.5, 0.6) is 11.5 Å². The quantitative estimate of drug-likeness (QED) is 0.437. The number of nitrogens with zero attached hydrogens (tertiary/aromatic N) is 4. The number of fused-ring (bicyclic) bond motifs is 3. The number of aromatic nitrogens is 3. The number of carbonyl (C=O) groups is 2. The van der Waals surface area contributed by atoms with Crippen molar-refractivity contribution >= 4 is 40.1 Å². The van der Waals surface area contributed by atoms with Crippen LogP contribution in [0.15, 0.2) is 48.7 Å². The molecule has 4 aromatic rings. The molecule has 1 aliphatic heterocycles. The van der Waals surface area contributed by atoms with Gasteiger partial charge in [-0.2, -0.15) is 5.10 Å². The molecule has 2 amide bonds. The maximum atomic E-state index is 13.7. The van der Waals surface area contributed by atoms with E-state index in [1.54, 1.807) is 42.1 Å². The third-order valence-corrected chi connectivity index (χ3v) is 5.70. The zero-order chi connectivity index (χ0) is 22.6. The summed E-state index contributed by atoms with van der Waals surface area (Å²) in [6.45, 7) is 0. The maximum absolute atomic E-state index is 13.7. The van der Waals surface area contributed by atoms with Gasteiger partial charge in [0.1, 0.15) is 17.2 Å². The summed E-state index contributed by atoms with van der Waals surface area (Å²) >= 11 is 6.03. The van der Waals surface area contributed by atoms with E-state index in [0.29, 0.717) is 38.9 Å². The number of aryl methyl sites for hydroxylation is 1. The van der Waals surface area contributed by atoms with Crippen molar-refractivity contribution in [2.45, 2.75) is 0 Å². The van der Waals surface area contributed by atoms with Crippen LogP contribution >= 0.6 is 11.6 Å². The van der Waals surface area contributed by atoms with E-state index in [0.717, 1.165) is 10.5 Å². The molecule has 2 aromatic carbocycles. The lowest BCUT2D eigenvalue weighted by atomic mass is 10.0. The third kappa shape index (κ3) is 2.84. The Morgan fingerprint density at radius 3 is 2.41 bits per heavy atom. The summed E-state index contributed by atoms with van der Waals surface area (Å²) in [6, 6.07) is 12.0. The largest absolute Gasteiger partial charge is 0.497 e. The molecule has 0 radical (unpaired) electrons. The number of halogens is 1. The van der Waals surface area contributed by atoms with Crippen molar-refractivity contribution in [2.24, 2.45) is 7.05 Å². The Hall–Kier alpha value is -3.91. The van der Waals surface area contributed by atoms with Crippen molar-refractivity contribution in [2.75, 3.05) is 19.1 Å². The molecule has 8 nitrogen and oxygen atoms in total. The second-order valence-corrected chi connectivity index (χ2v) is 7.64. The molecule has 0 atom stereocenters. The van der Waals surface area contributed by atoms with Gasteiger partial charge in [0, 0.05) is 29.9 Å². The lowest BCUT2D eigenvalue weighted by Crippen LogP contribution is -2.29. The predicted molar refractivity (Wildman–Crippen MR) is 120 cm³/mol. The first-order valence-corrected chi connectivity index (χ1v) is 10.0. The van der Waals surface area contributed by atoms with E-state index in [4.69, 9.17) is 21.1 Å². The topological polar surface area (TPSA) is 86.6 Å². The zero-order valence-electron chi connectivity index (χ0n) is 17.4. The van der Waals surface area contributed by atoms with Gasteiger partial charge in [-0.15, -0.1) is 0 Å². The van der Waals surface area contributed by atoms with Gasteiger partial charge in [0.25, 0.3) is 11.8 Å². The number of anilines is 1. The highest BCUT2D eigenvalue weighted by Gasteiger charge is 2.41. The first kappa shape index (κ1) is 20.0. The Kier molecular flexibility index (Phi) is 4.60. The molecule has 0 unspecified atom stereocenters. The molecule has 0 fully saturated rings. The summed E-state index contributed by atoms with van der Waals surface area (Å²) in [7, 11) is 4.73. The van der Waals surface area contributed by atoms with Crippen molar-refractivity contribution in [3.63, 3.8) is 0 Å². The Balaban J connectivity index is 1.75. The van der Waals surface area contributed by atoms with Crippen LogP contribution in [0.2, 0.25) is 5.02 Å². The fourth-order valence-corrected chi connectivity index (χ4v) is 4.05. The highest BCUT2D eigenvalue weighted by molar-refractivity contribution is 6.38. The maximum Gasteiger partial charge on any atom is 0.267 e. The van der Waals surface area contributed by atoms with Crippen LogP contribution in [0.4, 0.5) is 5.69 Å².